The molecule has 4 rings (SSSR count). The fraction of sp³-hybridized carbons (Fsp3) is 0.440. The number of ether oxygens (including phenoxy) is 1. The highest BCUT2D eigenvalue weighted by atomic mass is 16.5. The lowest BCUT2D eigenvalue weighted by Gasteiger charge is -2.25. The molecular formula is C25H31NO2. The van der Waals surface area contributed by atoms with E-state index in [9.17, 15) is 5.11 Å². The van der Waals surface area contributed by atoms with Gasteiger partial charge in [-0.15, -0.1) is 0 Å². The molecule has 1 heterocycles. The summed E-state index contributed by atoms with van der Waals surface area (Å²) in [7, 11) is 0. The lowest BCUT2D eigenvalue weighted by molar-refractivity contribution is 0.109. The van der Waals surface area contributed by atoms with Crippen LogP contribution in [0.15, 0.2) is 60.7 Å². The van der Waals surface area contributed by atoms with Gasteiger partial charge in [-0.2, -0.15) is 0 Å². The van der Waals surface area contributed by atoms with Crippen molar-refractivity contribution < 1.29 is 9.84 Å². The molecule has 0 spiro atoms. The highest BCUT2D eigenvalue weighted by molar-refractivity contribution is 5.32. The molecular weight excluding hydrogens is 346 g/mol. The van der Waals surface area contributed by atoms with E-state index < -0.39 is 6.10 Å². The number of benzene rings is 2. The predicted octanol–water partition coefficient (Wildman–Crippen LogP) is 4.56. The molecule has 0 saturated carbocycles. The summed E-state index contributed by atoms with van der Waals surface area (Å²) in [6, 6.07) is 16.6. The van der Waals surface area contributed by atoms with Crippen LogP contribution in [0.3, 0.4) is 0 Å². The number of aliphatic hydroxyl groups is 1. The van der Waals surface area contributed by atoms with Crippen LogP contribution in [0.1, 0.15) is 42.1 Å². The summed E-state index contributed by atoms with van der Waals surface area (Å²) in [6.45, 7) is 4.13. The van der Waals surface area contributed by atoms with Crippen LogP contribution in [0, 0.1) is 5.92 Å². The first-order valence-electron chi connectivity index (χ1n) is 10.6. The minimum atomic E-state index is -0.463. The average Bonchev–Trinajstić information content (AvgIpc) is 3.22. The summed E-state index contributed by atoms with van der Waals surface area (Å²) >= 11 is 0. The van der Waals surface area contributed by atoms with E-state index in [4.69, 9.17) is 4.74 Å². The second-order valence-electron chi connectivity index (χ2n) is 8.06. The first-order valence-corrected chi connectivity index (χ1v) is 10.6. The topological polar surface area (TPSA) is 32.7 Å². The quantitative estimate of drug-likeness (QED) is 0.750. The molecule has 28 heavy (non-hydrogen) atoms. The summed E-state index contributed by atoms with van der Waals surface area (Å²) in [4.78, 5) is 2.46. The maximum Gasteiger partial charge on any atom is 0.119 e. The molecule has 2 aliphatic rings. The summed E-state index contributed by atoms with van der Waals surface area (Å²) in [6.07, 6.45) is 9.42. The van der Waals surface area contributed by atoms with Gasteiger partial charge in [-0.1, -0.05) is 48.6 Å². The van der Waals surface area contributed by atoms with Gasteiger partial charge in [-0.25, -0.2) is 0 Å². The van der Waals surface area contributed by atoms with Crippen LogP contribution in [-0.2, 0) is 12.8 Å². The van der Waals surface area contributed by atoms with Crippen molar-refractivity contribution in [1.82, 2.24) is 4.90 Å². The average molecular weight is 378 g/mol. The third-order valence-corrected chi connectivity index (χ3v) is 6.09. The second kappa shape index (κ2) is 9.40. The number of likely N-dealkylation sites (tertiary alicyclic amines) is 1. The molecule has 0 bridgehead atoms. The SMILES string of the molecule is OC(c1ccc(OCCN2CCCC2)cc1)C1C/C=C/Cc2ccccc2C1. The molecule has 2 unspecified atom stereocenters. The van der Waals surface area contributed by atoms with E-state index in [1.54, 1.807) is 0 Å². The standard InChI is InChI=1S/C25H31NO2/c27-25(23-10-4-2-8-20-7-1-3-9-22(20)19-23)21-11-13-24(14-12-21)28-18-17-26-15-5-6-16-26/h1-4,7,9,11-14,23,25,27H,5-6,8,10,15-19H2/b4-2+. The van der Waals surface area contributed by atoms with E-state index in [1.807, 2.05) is 24.3 Å². The van der Waals surface area contributed by atoms with Crippen molar-refractivity contribution >= 4 is 0 Å². The number of rotatable bonds is 6. The molecule has 0 amide bonds. The number of hydrogen-bond acceptors (Lipinski definition) is 3. The zero-order valence-electron chi connectivity index (χ0n) is 16.6. The Morgan fingerprint density at radius 1 is 0.964 bits per heavy atom. The molecule has 1 saturated heterocycles. The summed E-state index contributed by atoms with van der Waals surface area (Å²) in [5.41, 5.74) is 3.71. The van der Waals surface area contributed by atoms with E-state index in [-0.39, 0.29) is 5.92 Å². The Balaban J connectivity index is 1.36. The Morgan fingerprint density at radius 2 is 1.71 bits per heavy atom. The van der Waals surface area contributed by atoms with Gasteiger partial charge in [0.2, 0.25) is 0 Å². The smallest absolute Gasteiger partial charge is 0.119 e. The van der Waals surface area contributed by atoms with Crippen molar-refractivity contribution in [2.24, 2.45) is 5.92 Å². The Bertz CT molecular complexity index is 777. The van der Waals surface area contributed by atoms with Crippen LogP contribution in [0.25, 0.3) is 0 Å². The lowest BCUT2D eigenvalue weighted by atomic mass is 9.84. The van der Waals surface area contributed by atoms with Crippen molar-refractivity contribution in [2.45, 2.75) is 38.2 Å². The highest BCUT2D eigenvalue weighted by Crippen LogP contribution is 2.31. The van der Waals surface area contributed by atoms with Gasteiger partial charge in [-0.05, 0) is 79.9 Å². The first kappa shape index (κ1) is 19.2. The maximum absolute atomic E-state index is 11.0. The monoisotopic (exact) mass is 377 g/mol. The number of fused-ring (bicyclic) bond motifs is 1. The molecule has 0 radical (unpaired) electrons. The number of allylic oxidation sites excluding steroid dienone is 2. The van der Waals surface area contributed by atoms with E-state index in [2.05, 4.69) is 41.3 Å². The molecule has 3 nitrogen and oxygen atoms in total. The van der Waals surface area contributed by atoms with E-state index in [1.165, 1.54) is 37.1 Å². The Hall–Kier alpha value is -2.10. The maximum atomic E-state index is 11.0. The zero-order valence-corrected chi connectivity index (χ0v) is 16.6. The molecule has 148 valence electrons. The fourth-order valence-electron chi connectivity index (χ4n) is 4.38. The minimum absolute atomic E-state index is 0.194. The highest BCUT2D eigenvalue weighted by Gasteiger charge is 2.22. The van der Waals surface area contributed by atoms with Gasteiger partial charge in [-0.3, -0.25) is 4.90 Å². The van der Waals surface area contributed by atoms with Gasteiger partial charge in [0.05, 0.1) is 6.10 Å². The normalized spacial score (nSPS) is 22.1. The number of aliphatic hydroxyl groups excluding tert-OH is 1. The van der Waals surface area contributed by atoms with Gasteiger partial charge < -0.3 is 9.84 Å². The third kappa shape index (κ3) is 4.84. The number of hydrogen-bond donors (Lipinski definition) is 1. The number of nitrogens with zero attached hydrogens (tertiary/aromatic N) is 1. The van der Waals surface area contributed by atoms with Crippen molar-refractivity contribution in [3.8, 4) is 5.75 Å². The van der Waals surface area contributed by atoms with Crippen molar-refractivity contribution in [3.63, 3.8) is 0 Å². The van der Waals surface area contributed by atoms with Gasteiger partial charge in [0.15, 0.2) is 0 Å². The molecule has 1 fully saturated rings. The molecule has 2 aromatic carbocycles. The molecule has 2 aromatic rings. The Kier molecular flexibility index (Phi) is 6.45. The lowest BCUT2D eigenvalue weighted by Crippen LogP contribution is -2.25. The van der Waals surface area contributed by atoms with Gasteiger partial charge >= 0.3 is 0 Å². The molecule has 2 atom stereocenters. The van der Waals surface area contributed by atoms with Crippen LogP contribution in [0.2, 0.25) is 0 Å². The summed E-state index contributed by atoms with van der Waals surface area (Å²) in [5.74, 6) is 1.08. The minimum Gasteiger partial charge on any atom is -0.492 e. The van der Waals surface area contributed by atoms with E-state index >= 15 is 0 Å². The molecule has 0 aromatic heterocycles. The van der Waals surface area contributed by atoms with Crippen molar-refractivity contribution in [2.75, 3.05) is 26.2 Å². The van der Waals surface area contributed by atoms with Crippen LogP contribution in [0.4, 0.5) is 0 Å². The van der Waals surface area contributed by atoms with Crippen LogP contribution < -0.4 is 4.74 Å². The van der Waals surface area contributed by atoms with Crippen molar-refractivity contribution in [3.05, 3.63) is 77.4 Å². The van der Waals surface area contributed by atoms with Gasteiger partial charge in [0.25, 0.3) is 0 Å². The van der Waals surface area contributed by atoms with E-state index in [0.29, 0.717) is 0 Å². The van der Waals surface area contributed by atoms with Gasteiger partial charge in [0.1, 0.15) is 12.4 Å². The van der Waals surface area contributed by atoms with Crippen LogP contribution in [-0.4, -0.2) is 36.2 Å². The Labute approximate surface area is 168 Å². The second-order valence-corrected chi connectivity index (χ2v) is 8.06. The fourth-order valence-corrected chi connectivity index (χ4v) is 4.38. The van der Waals surface area contributed by atoms with Crippen molar-refractivity contribution in [1.29, 1.82) is 0 Å². The largest absolute Gasteiger partial charge is 0.492 e. The summed E-state index contributed by atoms with van der Waals surface area (Å²) in [5, 5.41) is 11.0. The predicted molar refractivity (Wildman–Crippen MR) is 114 cm³/mol. The molecule has 1 aliphatic heterocycles. The van der Waals surface area contributed by atoms with E-state index in [0.717, 1.165) is 43.7 Å². The third-order valence-electron chi connectivity index (χ3n) is 6.09. The zero-order chi connectivity index (χ0) is 19.2. The molecule has 3 heteroatoms. The Morgan fingerprint density at radius 3 is 2.50 bits per heavy atom. The van der Waals surface area contributed by atoms with Crippen LogP contribution >= 0.6 is 0 Å². The first-order chi connectivity index (χ1) is 13.8. The molecule has 1 N–H and O–H groups in total. The molecule has 1 aliphatic carbocycles. The van der Waals surface area contributed by atoms with Crippen LogP contribution in [0.5, 0.6) is 5.75 Å². The summed E-state index contributed by atoms with van der Waals surface area (Å²) < 4.78 is 5.90. The van der Waals surface area contributed by atoms with Gasteiger partial charge in [0, 0.05) is 6.54 Å².